The van der Waals surface area contributed by atoms with E-state index >= 15 is 0 Å². The number of aliphatic imine (C=N–C) groups is 1. The van der Waals surface area contributed by atoms with Gasteiger partial charge in [0.1, 0.15) is 0 Å². The molecule has 0 saturated heterocycles. The molecule has 1 unspecified atom stereocenters. The summed E-state index contributed by atoms with van der Waals surface area (Å²) in [4.78, 5) is 4.99. The largest absolute Gasteiger partial charge is 0.397 e. The van der Waals surface area contributed by atoms with Crippen molar-refractivity contribution in [3.63, 3.8) is 0 Å². The van der Waals surface area contributed by atoms with Gasteiger partial charge in [0.2, 0.25) is 0 Å². The Morgan fingerprint density at radius 1 is 0.617 bits per heavy atom. The Labute approximate surface area is 293 Å². The minimum absolute atomic E-state index is 0.552. The Balaban J connectivity index is 0.00000320. The first-order valence-corrected chi connectivity index (χ1v) is 21.4. The SMILES string of the molecule is CCCCCCCC/C=C\CCCCCCCCC1=NC(CCCCCCCC/C=C\CCCCCCCC)CN1.COS(=O)(=O)O. The number of rotatable bonds is 33. The molecule has 7 heteroatoms. The van der Waals surface area contributed by atoms with Crippen molar-refractivity contribution in [2.24, 2.45) is 4.99 Å². The highest BCUT2D eigenvalue weighted by molar-refractivity contribution is 7.80. The van der Waals surface area contributed by atoms with Gasteiger partial charge in [-0.1, -0.05) is 160 Å². The van der Waals surface area contributed by atoms with E-state index < -0.39 is 10.4 Å². The molecule has 0 bridgehead atoms. The average molecular weight is 683 g/mol. The van der Waals surface area contributed by atoms with E-state index in [0.717, 1.165) is 13.7 Å². The van der Waals surface area contributed by atoms with E-state index in [1.165, 1.54) is 198 Å². The van der Waals surface area contributed by atoms with Gasteiger partial charge in [0.15, 0.2) is 0 Å². The first-order valence-electron chi connectivity index (χ1n) is 20.1. The zero-order valence-corrected chi connectivity index (χ0v) is 32.2. The summed E-state index contributed by atoms with van der Waals surface area (Å²) < 4.78 is 29.7. The fraction of sp³-hybridized carbons (Fsp3) is 0.875. The first-order chi connectivity index (χ1) is 22.9. The van der Waals surface area contributed by atoms with Crippen LogP contribution < -0.4 is 5.32 Å². The lowest BCUT2D eigenvalue weighted by Gasteiger charge is -2.05. The second-order valence-corrected chi connectivity index (χ2v) is 14.8. The lowest BCUT2D eigenvalue weighted by atomic mass is 10.1. The molecule has 2 N–H and O–H groups in total. The van der Waals surface area contributed by atoms with Gasteiger partial charge in [0.05, 0.1) is 19.0 Å². The van der Waals surface area contributed by atoms with Crippen LogP contribution in [0.2, 0.25) is 0 Å². The monoisotopic (exact) mass is 683 g/mol. The highest BCUT2D eigenvalue weighted by Crippen LogP contribution is 2.16. The second kappa shape index (κ2) is 36.1. The number of hydrogen-bond donors (Lipinski definition) is 2. The summed E-state index contributed by atoms with van der Waals surface area (Å²) in [6.07, 6.45) is 50.9. The molecular formula is C40H78N2O4S. The summed E-state index contributed by atoms with van der Waals surface area (Å²) in [5, 5.41) is 3.60. The maximum Gasteiger partial charge on any atom is 0.397 e. The van der Waals surface area contributed by atoms with Gasteiger partial charge in [0.25, 0.3) is 0 Å². The van der Waals surface area contributed by atoms with Crippen molar-refractivity contribution < 1.29 is 17.2 Å². The number of unbranched alkanes of at least 4 members (excludes halogenated alkanes) is 24. The number of amidine groups is 1. The number of allylic oxidation sites excluding steroid dienone is 4. The molecule has 0 saturated carbocycles. The molecule has 1 rings (SSSR count). The molecule has 47 heavy (non-hydrogen) atoms. The molecule has 1 aliphatic heterocycles. The van der Waals surface area contributed by atoms with Crippen molar-refractivity contribution >= 4 is 16.2 Å². The van der Waals surface area contributed by atoms with Gasteiger partial charge in [-0.2, -0.15) is 8.42 Å². The normalized spacial score (nSPS) is 14.9. The van der Waals surface area contributed by atoms with Gasteiger partial charge in [-0.05, 0) is 64.2 Å². The van der Waals surface area contributed by atoms with E-state index in [0.29, 0.717) is 6.04 Å². The molecule has 0 radical (unpaired) electrons. The van der Waals surface area contributed by atoms with Crippen LogP contribution in [0.4, 0.5) is 0 Å². The molecule has 0 aromatic heterocycles. The molecule has 0 aliphatic carbocycles. The first kappa shape index (κ1) is 45.8. The highest BCUT2D eigenvalue weighted by atomic mass is 32.3. The smallest absolute Gasteiger partial charge is 0.372 e. The second-order valence-electron chi connectivity index (χ2n) is 13.6. The van der Waals surface area contributed by atoms with Crippen LogP contribution in [0.5, 0.6) is 0 Å². The van der Waals surface area contributed by atoms with E-state index in [-0.39, 0.29) is 0 Å². The van der Waals surface area contributed by atoms with Crippen molar-refractivity contribution in [2.75, 3.05) is 13.7 Å². The quantitative estimate of drug-likeness (QED) is 0.0408. The zero-order valence-electron chi connectivity index (χ0n) is 31.3. The molecule has 0 amide bonds. The van der Waals surface area contributed by atoms with Crippen LogP contribution in [0.3, 0.4) is 0 Å². The Kier molecular flexibility index (Phi) is 35.2. The predicted molar refractivity (Wildman–Crippen MR) is 206 cm³/mol. The van der Waals surface area contributed by atoms with E-state index in [2.05, 4.69) is 47.7 Å². The molecule has 0 spiro atoms. The lowest BCUT2D eigenvalue weighted by Crippen LogP contribution is -2.20. The Morgan fingerprint density at radius 3 is 1.34 bits per heavy atom. The predicted octanol–water partition coefficient (Wildman–Crippen LogP) is 12.6. The minimum atomic E-state index is -4.16. The van der Waals surface area contributed by atoms with Gasteiger partial charge in [0, 0.05) is 13.0 Å². The highest BCUT2D eigenvalue weighted by Gasteiger charge is 2.15. The van der Waals surface area contributed by atoms with Crippen LogP contribution in [0.25, 0.3) is 0 Å². The lowest BCUT2D eigenvalue weighted by molar-refractivity contribution is 0.324. The van der Waals surface area contributed by atoms with Gasteiger partial charge in [-0.3, -0.25) is 13.7 Å². The Morgan fingerprint density at radius 2 is 0.957 bits per heavy atom. The van der Waals surface area contributed by atoms with E-state index in [1.807, 2.05) is 0 Å². The molecule has 0 aromatic rings. The number of hydrogen-bond acceptors (Lipinski definition) is 5. The van der Waals surface area contributed by atoms with E-state index in [4.69, 9.17) is 9.55 Å². The van der Waals surface area contributed by atoms with Crippen molar-refractivity contribution in [1.82, 2.24) is 5.32 Å². The molecule has 0 aromatic carbocycles. The number of nitrogens with one attached hydrogen (secondary N) is 1. The molecule has 1 aliphatic rings. The van der Waals surface area contributed by atoms with Gasteiger partial charge in [-0.25, -0.2) is 0 Å². The molecule has 0 fully saturated rings. The van der Waals surface area contributed by atoms with Gasteiger partial charge < -0.3 is 5.32 Å². The van der Waals surface area contributed by atoms with Gasteiger partial charge in [-0.15, -0.1) is 0 Å². The van der Waals surface area contributed by atoms with Crippen molar-refractivity contribution in [3.8, 4) is 0 Å². The van der Waals surface area contributed by atoms with Crippen molar-refractivity contribution in [1.29, 1.82) is 0 Å². The zero-order chi connectivity index (χ0) is 34.5. The van der Waals surface area contributed by atoms with Crippen molar-refractivity contribution in [3.05, 3.63) is 24.3 Å². The van der Waals surface area contributed by atoms with Crippen LogP contribution in [0.1, 0.15) is 206 Å². The standard InChI is InChI=1S/C39H74N2.CH4O4S/c1-3-5-7-9-11-13-15-17-19-21-23-25-27-29-31-33-35-38-37-40-39(41-38)36-34-32-30-28-26-24-22-20-18-16-14-12-10-8-6-4-2;1-5-6(2,3)4/h17-20,38H,3-16,21-37H2,1-2H3,(H,40,41);1H3,(H,2,3,4)/b19-17-,20-18-;. The van der Waals surface area contributed by atoms with Gasteiger partial charge >= 0.3 is 10.4 Å². The summed E-state index contributed by atoms with van der Waals surface area (Å²) in [5.74, 6) is 1.30. The fourth-order valence-electron chi connectivity index (χ4n) is 6.03. The third kappa shape index (κ3) is 37.5. The molecular weight excluding hydrogens is 605 g/mol. The van der Waals surface area contributed by atoms with Crippen LogP contribution >= 0.6 is 0 Å². The van der Waals surface area contributed by atoms with Crippen molar-refractivity contribution in [2.45, 2.75) is 213 Å². The summed E-state index contributed by atoms with van der Waals surface area (Å²) in [6, 6.07) is 0.552. The number of nitrogens with zero attached hydrogens (tertiary/aromatic N) is 1. The summed E-state index contributed by atoms with van der Waals surface area (Å²) in [7, 11) is -3.29. The minimum Gasteiger partial charge on any atom is -0.372 e. The maximum absolute atomic E-state index is 9.33. The van der Waals surface area contributed by atoms with Crippen LogP contribution in [-0.2, 0) is 14.6 Å². The Bertz CT molecular complexity index is 841. The third-order valence-corrected chi connectivity index (χ3v) is 9.49. The molecule has 1 atom stereocenters. The maximum atomic E-state index is 9.33. The fourth-order valence-corrected chi connectivity index (χ4v) is 6.03. The Hall–Kier alpha value is -1.18. The molecule has 1 heterocycles. The molecule has 278 valence electrons. The summed E-state index contributed by atoms with van der Waals surface area (Å²) in [5.41, 5.74) is 0. The molecule has 6 nitrogen and oxygen atoms in total. The van der Waals surface area contributed by atoms with E-state index in [9.17, 15) is 8.42 Å². The topological polar surface area (TPSA) is 88.0 Å². The summed E-state index contributed by atoms with van der Waals surface area (Å²) in [6.45, 7) is 5.68. The average Bonchev–Trinajstić information content (AvgIpc) is 3.51. The summed E-state index contributed by atoms with van der Waals surface area (Å²) >= 11 is 0. The van der Waals surface area contributed by atoms with Crippen LogP contribution in [0, 0.1) is 0 Å². The van der Waals surface area contributed by atoms with E-state index in [1.54, 1.807) is 0 Å². The van der Waals surface area contributed by atoms with Crippen LogP contribution in [-0.4, -0.2) is 38.5 Å². The van der Waals surface area contributed by atoms with Crippen LogP contribution in [0.15, 0.2) is 29.3 Å². The third-order valence-electron chi connectivity index (χ3n) is 9.07.